The molecule has 6 heteroatoms. The van der Waals surface area contributed by atoms with Gasteiger partial charge in [0.1, 0.15) is 5.76 Å². The van der Waals surface area contributed by atoms with Crippen LogP contribution < -0.4 is 5.32 Å². The van der Waals surface area contributed by atoms with E-state index in [0.29, 0.717) is 12.3 Å². The fraction of sp³-hybridized carbons (Fsp3) is 0.316. The zero-order valence-corrected chi connectivity index (χ0v) is 14.7. The first kappa shape index (κ1) is 17.0. The van der Waals surface area contributed by atoms with Crippen LogP contribution in [0.5, 0.6) is 0 Å². The molecule has 0 aliphatic carbocycles. The van der Waals surface area contributed by atoms with Gasteiger partial charge in [-0.3, -0.25) is 4.79 Å². The molecule has 0 bridgehead atoms. The smallest absolute Gasteiger partial charge is 0.227 e. The molecule has 0 unspecified atom stereocenters. The van der Waals surface area contributed by atoms with Gasteiger partial charge in [0.05, 0.1) is 17.3 Å². The number of aromatic nitrogens is 3. The molecule has 2 heterocycles. The van der Waals surface area contributed by atoms with E-state index in [0.717, 1.165) is 23.4 Å². The maximum absolute atomic E-state index is 12.4. The Labute approximate surface area is 146 Å². The summed E-state index contributed by atoms with van der Waals surface area (Å²) in [6.07, 6.45) is 4.44. The van der Waals surface area contributed by atoms with Gasteiger partial charge >= 0.3 is 0 Å². The van der Waals surface area contributed by atoms with E-state index >= 15 is 0 Å². The van der Waals surface area contributed by atoms with Gasteiger partial charge in [0.2, 0.25) is 5.91 Å². The number of carbonyl (C=O) groups excluding carboxylic acids is 1. The van der Waals surface area contributed by atoms with Crippen molar-refractivity contribution in [2.75, 3.05) is 6.54 Å². The fourth-order valence-electron chi connectivity index (χ4n) is 2.96. The van der Waals surface area contributed by atoms with Gasteiger partial charge in [0.15, 0.2) is 0 Å². The molecule has 3 aromatic rings. The lowest BCUT2D eigenvalue weighted by molar-refractivity contribution is -0.122. The van der Waals surface area contributed by atoms with Crippen LogP contribution in [-0.2, 0) is 11.2 Å². The predicted molar refractivity (Wildman–Crippen MR) is 94.7 cm³/mol. The summed E-state index contributed by atoms with van der Waals surface area (Å²) >= 11 is 0. The number of amides is 1. The molecule has 3 rings (SSSR count). The lowest BCUT2D eigenvalue weighted by atomic mass is 9.98. The quantitative estimate of drug-likeness (QED) is 0.750. The number of rotatable bonds is 6. The number of carbonyl (C=O) groups is 1. The average Bonchev–Trinajstić information content (AvgIpc) is 3.25. The van der Waals surface area contributed by atoms with Crippen LogP contribution in [0, 0.1) is 13.8 Å². The van der Waals surface area contributed by atoms with Gasteiger partial charge in [0, 0.05) is 24.5 Å². The lowest BCUT2D eigenvalue weighted by Gasteiger charge is -2.12. The van der Waals surface area contributed by atoms with Crippen LogP contribution in [0.4, 0.5) is 0 Å². The molecule has 0 spiro atoms. The Morgan fingerprint density at radius 3 is 2.64 bits per heavy atom. The number of hydrogen-bond donors (Lipinski definition) is 1. The highest BCUT2D eigenvalue weighted by Crippen LogP contribution is 2.23. The van der Waals surface area contributed by atoms with Crippen LogP contribution in [0.25, 0.3) is 5.69 Å². The molecule has 0 aliphatic heterocycles. The van der Waals surface area contributed by atoms with Crippen LogP contribution in [-0.4, -0.2) is 27.4 Å². The Bertz CT molecular complexity index is 815. The summed E-state index contributed by atoms with van der Waals surface area (Å²) in [6, 6.07) is 10.1. The van der Waals surface area contributed by atoms with E-state index in [1.165, 1.54) is 5.56 Å². The molecule has 0 aliphatic rings. The molecule has 0 saturated carbocycles. The second-order valence-electron chi connectivity index (χ2n) is 6.12. The van der Waals surface area contributed by atoms with Gasteiger partial charge in [0.25, 0.3) is 0 Å². The highest BCUT2D eigenvalue weighted by Gasteiger charge is 2.22. The molecule has 0 saturated heterocycles. The molecule has 1 amide bonds. The summed E-state index contributed by atoms with van der Waals surface area (Å²) in [5.74, 6) is 0.422. The molecule has 6 nitrogen and oxygen atoms in total. The number of aryl methyl sites for hydroxylation is 2. The van der Waals surface area contributed by atoms with E-state index in [2.05, 4.69) is 27.7 Å². The third kappa shape index (κ3) is 3.79. The maximum atomic E-state index is 12.4. The predicted octanol–water partition coefficient (Wildman–Crippen LogP) is 2.94. The van der Waals surface area contributed by atoms with Crippen LogP contribution in [0.3, 0.4) is 0 Å². The summed E-state index contributed by atoms with van der Waals surface area (Å²) < 4.78 is 6.96. The Balaban J connectivity index is 1.53. The molecule has 1 atom stereocenters. The first-order valence-electron chi connectivity index (χ1n) is 8.35. The van der Waals surface area contributed by atoms with Crippen molar-refractivity contribution in [2.24, 2.45) is 0 Å². The molecule has 25 heavy (non-hydrogen) atoms. The standard InChI is InChI=1S/C19H22N4O2/c1-13(18-14(2)22-25-15(18)3)19(24)20-11-9-16-5-7-17(8-6-16)23-12-4-10-21-23/h4-8,10,12-13H,9,11H2,1-3H3,(H,20,24)/t13-/m0/s1. The van der Waals surface area contributed by atoms with E-state index in [4.69, 9.17) is 4.52 Å². The van der Waals surface area contributed by atoms with Gasteiger partial charge < -0.3 is 9.84 Å². The normalized spacial score (nSPS) is 12.1. The minimum atomic E-state index is -0.270. The summed E-state index contributed by atoms with van der Waals surface area (Å²) in [5.41, 5.74) is 3.83. The first-order valence-corrected chi connectivity index (χ1v) is 8.35. The van der Waals surface area contributed by atoms with Crippen LogP contribution in [0.15, 0.2) is 47.2 Å². The van der Waals surface area contributed by atoms with Crippen molar-refractivity contribution < 1.29 is 9.32 Å². The molecule has 0 radical (unpaired) electrons. The Morgan fingerprint density at radius 1 is 1.28 bits per heavy atom. The van der Waals surface area contributed by atoms with Crippen LogP contribution in [0.2, 0.25) is 0 Å². The largest absolute Gasteiger partial charge is 0.361 e. The summed E-state index contributed by atoms with van der Waals surface area (Å²) in [6.45, 7) is 6.16. The Kier molecular flexibility index (Phi) is 4.97. The molecule has 0 fully saturated rings. The van der Waals surface area contributed by atoms with Gasteiger partial charge in [-0.2, -0.15) is 5.10 Å². The monoisotopic (exact) mass is 338 g/mol. The fourth-order valence-corrected chi connectivity index (χ4v) is 2.96. The van der Waals surface area contributed by atoms with Crippen molar-refractivity contribution in [2.45, 2.75) is 33.1 Å². The minimum absolute atomic E-state index is 0.0115. The minimum Gasteiger partial charge on any atom is -0.361 e. The van der Waals surface area contributed by atoms with E-state index in [1.54, 1.807) is 6.20 Å². The van der Waals surface area contributed by atoms with Crippen molar-refractivity contribution in [3.63, 3.8) is 0 Å². The topological polar surface area (TPSA) is 73.0 Å². The summed E-state index contributed by atoms with van der Waals surface area (Å²) in [5, 5.41) is 11.1. The van der Waals surface area contributed by atoms with Gasteiger partial charge in [-0.1, -0.05) is 17.3 Å². The second kappa shape index (κ2) is 7.34. The third-order valence-electron chi connectivity index (χ3n) is 4.33. The Hall–Kier alpha value is -2.89. The first-order chi connectivity index (χ1) is 12.1. The molecular weight excluding hydrogens is 316 g/mol. The second-order valence-corrected chi connectivity index (χ2v) is 6.12. The van der Waals surface area contributed by atoms with E-state index < -0.39 is 0 Å². The third-order valence-corrected chi connectivity index (χ3v) is 4.33. The van der Waals surface area contributed by atoms with Gasteiger partial charge in [-0.25, -0.2) is 4.68 Å². The molecule has 2 aromatic heterocycles. The SMILES string of the molecule is Cc1noc(C)c1[C@H](C)C(=O)NCCc1ccc(-n2cccn2)cc1. The van der Waals surface area contributed by atoms with Crippen molar-refractivity contribution in [1.82, 2.24) is 20.3 Å². The number of nitrogens with one attached hydrogen (secondary N) is 1. The highest BCUT2D eigenvalue weighted by atomic mass is 16.5. The molecular formula is C19H22N4O2. The van der Waals surface area contributed by atoms with Crippen LogP contribution >= 0.6 is 0 Å². The number of nitrogens with zero attached hydrogens (tertiary/aromatic N) is 3. The van der Waals surface area contributed by atoms with Crippen molar-refractivity contribution in [3.05, 3.63) is 65.3 Å². The van der Waals surface area contributed by atoms with Crippen molar-refractivity contribution in [3.8, 4) is 5.69 Å². The number of hydrogen-bond acceptors (Lipinski definition) is 4. The van der Waals surface area contributed by atoms with E-state index in [9.17, 15) is 4.79 Å². The van der Waals surface area contributed by atoms with Crippen molar-refractivity contribution in [1.29, 1.82) is 0 Å². The number of benzene rings is 1. The maximum Gasteiger partial charge on any atom is 0.227 e. The van der Waals surface area contributed by atoms with Crippen molar-refractivity contribution >= 4 is 5.91 Å². The zero-order valence-electron chi connectivity index (χ0n) is 14.7. The van der Waals surface area contributed by atoms with E-state index in [1.807, 2.05) is 49.8 Å². The highest BCUT2D eigenvalue weighted by molar-refractivity contribution is 5.83. The van der Waals surface area contributed by atoms with E-state index in [-0.39, 0.29) is 11.8 Å². The lowest BCUT2D eigenvalue weighted by Crippen LogP contribution is -2.30. The average molecular weight is 338 g/mol. The molecule has 130 valence electrons. The molecule has 1 aromatic carbocycles. The Morgan fingerprint density at radius 2 is 2.04 bits per heavy atom. The van der Waals surface area contributed by atoms with Gasteiger partial charge in [-0.05, 0) is 51.0 Å². The zero-order chi connectivity index (χ0) is 17.8. The summed E-state index contributed by atoms with van der Waals surface area (Å²) in [4.78, 5) is 12.4. The molecule has 1 N–H and O–H groups in total. The van der Waals surface area contributed by atoms with Gasteiger partial charge in [-0.15, -0.1) is 0 Å². The van der Waals surface area contributed by atoms with Crippen LogP contribution in [0.1, 0.15) is 35.4 Å². The summed E-state index contributed by atoms with van der Waals surface area (Å²) in [7, 11) is 0.